The van der Waals surface area contributed by atoms with Gasteiger partial charge in [0.15, 0.2) is 0 Å². The molecule has 0 atom stereocenters. The second-order valence-electron chi connectivity index (χ2n) is 3.35. The van der Waals surface area contributed by atoms with Crippen LogP contribution in [0, 0.1) is 0 Å². The van der Waals surface area contributed by atoms with E-state index in [-0.39, 0.29) is 5.91 Å². The molecule has 1 amide bonds. The lowest BCUT2D eigenvalue weighted by molar-refractivity contribution is 0.0955. The number of carbonyl (C=O) groups is 1. The molecule has 1 aromatic heterocycles. The average molecular weight is 299 g/mol. The Hall–Kier alpha value is -1.36. The Labute approximate surface area is 118 Å². The zero-order valence-corrected chi connectivity index (χ0v) is 11.4. The molecule has 1 aromatic carbocycles. The van der Waals surface area contributed by atoms with Crippen LogP contribution in [0.1, 0.15) is 15.2 Å². The van der Waals surface area contributed by atoms with Crippen LogP contribution in [-0.2, 0) is 0 Å². The van der Waals surface area contributed by atoms with Crippen molar-refractivity contribution in [3.05, 3.63) is 56.2 Å². The Morgan fingerprint density at radius 1 is 1.17 bits per heavy atom. The highest BCUT2D eigenvalue weighted by Crippen LogP contribution is 2.19. The van der Waals surface area contributed by atoms with Crippen molar-refractivity contribution in [2.24, 2.45) is 5.10 Å². The quantitative estimate of drug-likeness (QED) is 0.679. The monoisotopic (exact) mass is 298 g/mol. The van der Waals surface area contributed by atoms with Gasteiger partial charge in [0, 0.05) is 15.5 Å². The third-order valence-electron chi connectivity index (χ3n) is 2.06. The van der Waals surface area contributed by atoms with Gasteiger partial charge in [0.05, 0.1) is 10.6 Å². The second-order valence-corrected chi connectivity index (χ2v) is 5.53. The van der Waals surface area contributed by atoms with E-state index in [2.05, 4.69) is 10.5 Å². The van der Waals surface area contributed by atoms with Crippen LogP contribution in [0.3, 0.4) is 0 Å². The van der Waals surface area contributed by atoms with Gasteiger partial charge in [-0.3, -0.25) is 4.79 Å². The standard InChI is InChI=1S/C12H8Cl2N2OS/c13-9-3-1-8(2-4-9)12(17)16-15-7-10-5-6-11(14)18-10/h1-7H,(H,16,17)/b15-7+. The number of hydrogen-bond donors (Lipinski definition) is 1. The smallest absolute Gasteiger partial charge is 0.267 e. The maximum absolute atomic E-state index is 11.7. The van der Waals surface area contributed by atoms with Crippen LogP contribution in [0.2, 0.25) is 9.36 Å². The van der Waals surface area contributed by atoms with Crippen LogP contribution in [0.5, 0.6) is 0 Å². The number of hydrogen-bond acceptors (Lipinski definition) is 3. The summed E-state index contributed by atoms with van der Waals surface area (Å²) >= 11 is 12.9. The molecule has 0 aliphatic heterocycles. The molecule has 3 nitrogen and oxygen atoms in total. The molecule has 0 aliphatic rings. The molecule has 1 N–H and O–H groups in total. The zero-order valence-electron chi connectivity index (χ0n) is 9.06. The summed E-state index contributed by atoms with van der Waals surface area (Å²) in [5.41, 5.74) is 2.93. The first kappa shape index (κ1) is 13.1. The van der Waals surface area contributed by atoms with Crippen LogP contribution in [-0.4, -0.2) is 12.1 Å². The fourth-order valence-electron chi connectivity index (χ4n) is 1.22. The number of hydrazone groups is 1. The highest BCUT2D eigenvalue weighted by molar-refractivity contribution is 7.17. The summed E-state index contributed by atoms with van der Waals surface area (Å²) in [6, 6.07) is 10.2. The Bertz CT molecular complexity index is 578. The van der Waals surface area contributed by atoms with Gasteiger partial charge in [-0.25, -0.2) is 5.43 Å². The van der Waals surface area contributed by atoms with E-state index in [0.29, 0.717) is 14.9 Å². The minimum atomic E-state index is -0.287. The molecule has 0 spiro atoms. The summed E-state index contributed by atoms with van der Waals surface area (Å²) in [5.74, 6) is -0.287. The Morgan fingerprint density at radius 2 is 1.89 bits per heavy atom. The van der Waals surface area contributed by atoms with Crippen molar-refractivity contribution >= 4 is 46.7 Å². The van der Waals surface area contributed by atoms with E-state index >= 15 is 0 Å². The summed E-state index contributed by atoms with van der Waals surface area (Å²) in [6.45, 7) is 0. The van der Waals surface area contributed by atoms with Gasteiger partial charge in [0.25, 0.3) is 5.91 Å². The minimum absolute atomic E-state index is 0.287. The number of rotatable bonds is 3. The molecule has 0 unspecified atom stereocenters. The molecule has 0 saturated carbocycles. The van der Waals surface area contributed by atoms with Crippen molar-refractivity contribution in [1.29, 1.82) is 0 Å². The van der Waals surface area contributed by atoms with Crippen molar-refractivity contribution < 1.29 is 4.79 Å². The van der Waals surface area contributed by atoms with Gasteiger partial charge in [0.2, 0.25) is 0 Å². The highest BCUT2D eigenvalue weighted by Gasteiger charge is 2.03. The molecule has 92 valence electrons. The third-order valence-corrected chi connectivity index (χ3v) is 3.48. The van der Waals surface area contributed by atoms with Gasteiger partial charge in [-0.15, -0.1) is 11.3 Å². The topological polar surface area (TPSA) is 41.5 Å². The van der Waals surface area contributed by atoms with Crippen molar-refractivity contribution in [3.8, 4) is 0 Å². The minimum Gasteiger partial charge on any atom is -0.267 e. The maximum Gasteiger partial charge on any atom is 0.271 e. The number of amides is 1. The van der Waals surface area contributed by atoms with E-state index in [1.165, 1.54) is 11.3 Å². The number of halogens is 2. The molecule has 2 aromatic rings. The van der Waals surface area contributed by atoms with Crippen LogP contribution >= 0.6 is 34.5 Å². The first-order valence-corrected chi connectivity index (χ1v) is 6.57. The predicted octanol–water partition coefficient (Wildman–Crippen LogP) is 3.82. The number of benzene rings is 1. The third kappa shape index (κ3) is 3.57. The molecule has 0 bridgehead atoms. The fourth-order valence-corrected chi connectivity index (χ4v) is 2.28. The van der Waals surface area contributed by atoms with Gasteiger partial charge in [-0.05, 0) is 36.4 Å². The fraction of sp³-hybridized carbons (Fsp3) is 0. The SMILES string of the molecule is O=C(N/N=C/c1ccc(Cl)s1)c1ccc(Cl)cc1. The van der Waals surface area contributed by atoms with Crippen LogP contribution < -0.4 is 5.43 Å². The normalized spacial score (nSPS) is 10.8. The molecule has 18 heavy (non-hydrogen) atoms. The lowest BCUT2D eigenvalue weighted by Gasteiger charge is -1.98. The summed E-state index contributed by atoms with van der Waals surface area (Å²) in [6.07, 6.45) is 1.55. The molecule has 6 heteroatoms. The molecule has 0 fully saturated rings. The van der Waals surface area contributed by atoms with Crippen molar-refractivity contribution in [3.63, 3.8) is 0 Å². The molecule has 0 radical (unpaired) electrons. The van der Waals surface area contributed by atoms with Gasteiger partial charge in [0.1, 0.15) is 0 Å². The number of nitrogens with one attached hydrogen (secondary N) is 1. The van der Waals surface area contributed by atoms with Crippen LogP contribution in [0.15, 0.2) is 41.5 Å². The number of carbonyl (C=O) groups excluding carboxylic acids is 1. The molecular weight excluding hydrogens is 291 g/mol. The van der Waals surface area contributed by atoms with E-state index in [1.54, 1.807) is 36.5 Å². The first-order chi connectivity index (χ1) is 8.65. The summed E-state index contributed by atoms with van der Waals surface area (Å²) in [7, 11) is 0. The Balaban J connectivity index is 1.96. The number of thiophene rings is 1. The lowest BCUT2D eigenvalue weighted by atomic mass is 10.2. The molecule has 2 rings (SSSR count). The average Bonchev–Trinajstić information content (AvgIpc) is 2.76. The maximum atomic E-state index is 11.7. The Morgan fingerprint density at radius 3 is 2.50 bits per heavy atom. The molecule has 1 heterocycles. The second kappa shape index (κ2) is 6.00. The first-order valence-electron chi connectivity index (χ1n) is 4.99. The van der Waals surface area contributed by atoms with E-state index in [0.717, 1.165) is 4.88 Å². The van der Waals surface area contributed by atoms with Crippen molar-refractivity contribution in [2.45, 2.75) is 0 Å². The van der Waals surface area contributed by atoms with Crippen LogP contribution in [0.25, 0.3) is 0 Å². The van der Waals surface area contributed by atoms with E-state index in [4.69, 9.17) is 23.2 Å². The number of nitrogens with zero attached hydrogens (tertiary/aromatic N) is 1. The summed E-state index contributed by atoms with van der Waals surface area (Å²) < 4.78 is 0.681. The van der Waals surface area contributed by atoms with E-state index in [1.807, 2.05) is 6.07 Å². The Kier molecular flexibility index (Phi) is 4.36. The highest BCUT2D eigenvalue weighted by atomic mass is 35.5. The lowest BCUT2D eigenvalue weighted by Crippen LogP contribution is -2.17. The van der Waals surface area contributed by atoms with E-state index < -0.39 is 0 Å². The summed E-state index contributed by atoms with van der Waals surface area (Å²) in [4.78, 5) is 12.5. The largest absolute Gasteiger partial charge is 0.271 e. The van der Waals surface area contributed by atoms with Crippen molar-refractivity contribution in [1.82, 2.24) is 5.43 Å². The van der Waals surface area contributed by atoms with Gasteiger partial charge in [-0.1, -0.05) is 23.2 Å². The predicted molar refractivity (Wildman–Crippen MR) is 75.8 cm³/mol. The van der Waals surface area contributed by atoms with Crippen LogP contribution in [0.4, 0.5) is 0 Å². The van der Waals surface area contributed by atoms with Crippen molar-refractivity contribution in [2.75, 3.05) is 0 Å². The van der Waals surface area contributed by atoms with Gasteiger partial charge < -0.3 is 0 Å². The zero-order chi connectivity index (χ0) is 13.0. The summed E-state index contributed by atoms with van der Waals surface area (Å²) in [5, 5.41) is 4.43. The van der Waals surface area contributed by atoms with Gasteiger partial charge >= 0.3 is 0 Å². The van der Waals surface area contributed by atoms with Gasteiger partial charge in [-0.2, -0.15) is 5.10 Å². The molecule has 0 saturated heterocycles. The molecule has 0 aliphatic carbocycles. The van der Waals surface area contributed by atoms with E-state index in [9.17, 15) is 4.79 Å². The molecular formula is C12H8Cl2N2OS.